The monoisotopic (exact) mass is 232 g/mol. The number of hydrogen-bond acceptors (Lipinski definition) is 2. The Kier molecular flexibility index (Phi) is 3.36. The zero-order valence-corrected chi connectivity index (χ0v) is 10.9. The van der Waals surface area contributed by atoms with Crippen LogP contribution in [0, 0.1) is 13.8 Å². The lowest BCUT2D eigenvalue weighted by Crippen LogP contribution is -2.50. The molecular weight excluding hydrogens is 212 g/mol. The summed E-state index contributed by atoms with van der Waals surface area (Å²) in [5.74, 6) is 0.234. The second-order valence-electron chi connectivity index (χ2n) is 4.74. The largest absolute Gasteiger partial charge is 0.360 e. The van der Waals surface area contributed by atoms with Gasteiger partial charge in [0.05, 0.1) is 6.54 Å². The molecule has 0 aromatic heterocycles. The molecule has 3 nitrogen and oxygen atoms in total. The smallest absolute Gasteiger partial charge is 0.242 e. The van der Waals surface area contributed by atoms with Crippen molar-refractivity contribution in [3.63, 3.8) is 0 Å². The topological polar surface area (TPSA) is 23.6 Å². The number of benzene rings is 1. The third-order valence-electron chi connectivity index (χ3n) is 3.27. The first kappa shape index (κ1) is 12.0. The fourth-order valence-corrected chi connectivity index (χ4v) is 2.40. The number of piperazine rings is 1. The van der Waals surface area contributed by atoms with Gasteiger partial charge in [0.1, 0.15) is 0 Å². The van der Waals surface area contributed by atoms with Crippen LogP contribution >= 0.6 is 0 Å². The molecule has 0 N–H and O–H groups in total. The van der Waals surface area contributed by atoms with Gasteiger partial charge >= 0.3 is 0 Å². The van der Waals surface area contributed by atoms with Gasteiger partial charge in [-0.1, -0.05) is 6.07 Å². The van der Waals surface area contributed by atoms with Crippen LogP contribution in [0.15, 0.2) is 18.2 Å². The quantitative estimate of drug-likeness (QED) is 0.778. The van der Waals surface area contributed by atoms with E-state index < -0.39 is 0 Å². The average molecular weight is 232 g/mol. The second-order valence-corrected chi connectivity index (χ2v) is 4.74. The Balaban J connectivity index is 2.16. The van der Waals surface area contributed by atoms with Gasteiger partial charge in [-0.2, -0.15) is 0 Å². The van der Waals surface area contributed by atoms with Crippen molar-refractivity contribution in [1.29, 1.82) is 0 Å². The van der Waals surface area contributed by atoms with E-state index in [0.29, 0.717) is 6.54 Å². The highest BCUT2D eigenvalue weighted by molar-refractivity contribution is 5.82. The molecule has 1 saturated heterocycles. The molecule has 1 aliphatic rings. The van der Waals surface area contributed by atoms with Crippen LogP contribution in [-0.2, 0) is 4.79 Å². The van der Waals surface area contributed by atoms with Gasteiger partial charge < -0.3 is 9.80 Å². The van der Waals surface area contributed by atoms with Gasteiger partial charge in [0, 0.05) is 25.3 Å². The highest BCUT2D eigenvalue weighted by Crippen LogP contribution is 2.20. The van der Waals surface area contributed by atoms with E-state index in [0.717, 1.165) is 19.6 Å². The molecule has 2 rings (SSSR count). The first-order valence-electron chi connectivity index (χ1n) is 6.21. The molecule has 0 bridgehead atoms. The van der Waals surface area contributed by atoms with Crippen molar-refractivity contribution in [1.82, 2.24) is 4.90 Å². The van der Waals surface area contributed by atoms with Gasteiger partial charge in [-0.15, -0.1) is 0 Å². The number of carbonyl (C=O) groups is 1. The highest BCUT2D eigenvalue weighted by Gasteiger charge is 2.22. The van der Waals surface area contributed by atoms with Crippen molar-refractivity contribution in [3.8, 4) is 0 Å². The van der Waals surface area contributed by atoms with Gasteiger partial charge in [0.15, 0.2) is 0 Å². The molecule has 1 amide bonds. The van der Waals surface area contributed by atoms with Crippen LogP contribution in [-0.4, -0.2) is 37.0 Å². The number of hydrogen-bond donors (Lipinski definition) is 0. The number of aryl methyl sites for hydroxylation is 2. The Morgan fingerprint density at radius 3 is 2.29 bits per heavy atom. The molecule has 92 valence electrons. The van der Waals surface area contributed by atoms with Gasteiger partial charge in [-0.25, -0.2) is 0 Å². The third kappa shape index (κ3) is 2.60. The van der Waals surface area contributed by atoms with Crippen molar-refractivity contribution in [2.45, 2.75) is 20.8 Å². The summed E-state index contributed by atoms with van der Waals surface area (Å²) in [5, 5.41) is 0. The zero-order valence-electron chi connectivity index (χ0n) is 10.9. The van der Waals surface area contributed by atoms with E-state index in [2.05, 4.69) is 36.9 Å². The minimum Gasteiger partial charge on any atom is -0.360 e. The molecule has 0 unspecified atom stereocenters. The summed E-state index contributed by atoms with van der Waals surface area (Å²) in [6.45, 7) is 9.33. The Morgan fingerprint density at radius 2 is 1.76 bits per heavy atom. The molecule has 0 spiro atoms. The summed E-state index contributed by atoms with van der Waals surface area (Å²) in [4.78, 5) is 16.0. The number of nitrogens with zero attached hydrogens (tertiary/aromatic N) is 2. The average Bonchev–Trinajstić information content (AvgIpc) is 2.27. The van der Waals surface area contributed by atoms with E-state index in [1.807, 2.05) is 11.8 Å². The lowest BCUT2D eigenvalue weighted by Gasteiger charge is -2.35. The zero-order chi connectivity index (χ0) is 12.4. The highest BCUT2D eigenvalue weighted by atomic mass is 16.2. The number of carbonyl (C=O) groups excluding carboxylic acids is 1. The SMILES string of the molecule is CCN1CCN(c2cc(C)cc(C)c2)CC1=O. The minimum absolute atomic E-state index is 0.234. The van der Waals surface area contributed by atoms with Gasteiger partial charge in [0.25, 0.3) is 0 Å². The predicted octanol–water partition coefficient (Wildman–Crippen LogP) is 1.97. The van der Waals surface area contributed by atoms with Crippen LogP contribution < -0.4 is 4.90 Å². The van der Waals surface area contributed by atoms with Crippen LogP contribution in [0.2, 0.25) is 0 Å². The summed E-state index contributed by atoms with van der Waals surface area (Å²) in [6, 6.07) is 6.47. The maximum absolute atomic E-state index is 11.9. The molecule has 0 aliphatic carbocycles. The van der Waals surface area contributed by atoms with Gasteiger partial charge in [-0.3, -0.25) is 4.79 Å². The Bertz CT molecular complexity index is 408. The van der Waals surface area contributed by atoms with E-state index in [9.17, 15) is 4.79 Å². The van der Waals surface area contributed by atoms with Crippen LogP contribution in [0.1, 0.15) is 18.1 Å². The first-order valence-corrected chi connectivity index (χ1v) is 6.21. The Morgan fingerprint density at radius 1 is 1.12 bits per heavy atom. The van der Waals surface area contributed by atoms with Gasteiger partial charge in [0.2, 0.25) is 5.91 Å². The van der Waals surface area contributed by atoms with E-state index in [1.54, 1.807) is 0 Å². The molecular formula is C14H20N2O. The third-order valence-corrected chi connectivity index (χ3v) is 3.27. The lowest BCUT2D eigenvalue weighted by atomic mass is 10.1. The first-order chi connectivity index (χ1) is 8.10. The Hall–Kier alpha value is -1.51. The van der Waals surface area contributed by atoms with Crippen molar-refractivity contribution >= 4 is 11.6 Å². The molecule has 17 heavy (non-hydrogen) atoms. The fraction of sp³-hybridized carbons (Fsp3) is 0.500. The molecule has 3 heteroatoms. The molecule has 0 saturated carbocycles. The van der Waals surface area contributed by atoms with Crippen LogP contribution in [0.3, 0.4) is 0 Å². The van der Waals surface area contributed by atoms with E-state index in [1.165, 1.54) is 16.8 Å². The number of amides is 1. The summed E-state index contributed by atoms with van der Waals surface area (Å²) in [7, 11) is 0. The number of likely N-dealkylation sites (N-methyl/N-ethyl adjacent to an activating group) is 1. The molecule has 1 heterocycles. The molecule has 1 fully saturated rings. The molecule has 1 aromatic rings. The predicted molar refractivity (Wildman–Crippen MR) is 70.4 cm³/mol. The molecule has 0 atom stereocenters. The van der Waals surface area contributed by atoms with E-state index >= 15 is 0 Å². The molecule has 1 aromatic carbocycles. The molecule has 1 aliphatic heterocycles. The fourth-order valence-electron chi connectivity index (χ4n) is 2.40. The summed E-state index contributed by atoms with van der Waals surface area (Å²) < 4.78 is 0. The van der Waals surface area contributed by atoms with Crippen molar-refractivity contribution in [2.75, 3.05) is 31.1 Å². The van der Waals surface area contributed by atoms with Crippen LogP contribution in [0.4, 0.5) is 5.69 Å². The number of anilines is 1. The normalized spacial score (nSPS) is 16.5. The van der Waals surface area contributed by atoms with Crippen molar-refractivity contribution in [2.24, 2.45) is 0 Å². The summed E-state index contributed by atoms with van der Waals surface area (Å²) in [6.07, 6.45) is 0. The summed E-state index contributed by atoms with van der Waals surface area (Å²) in [5.41, 5.74) is 3.68. The van der Waals surface area contributed by atoms with E-state index in [4.69, 9.17) is 0 Å². The second kappa shape index (κ2) is 4.78. The molecule has 0 radical (unpaired) electrons. The van der Waals surface area contributed by atoms with E-state index in [-0.39, 0.29) is 5.91 Å². The maximum atomic E-state index is 11.9. The summed E-state index contributed by atoms with van der Waals surface area (Å²) >= 11 is 0. The standard InChI is InChI=1S/C14H20N2O/c1-4-15-5-6-16(10-14(15)17)13-8-11(2)7-12(3)9-13/h7-9H,4-6,10H2,1-3H3. The lowest BCUT2D eigenvalue weighted by molar-refractivity contribution is -0.130. The Labute approximate surface area is 103 Å². The minimum atomic E-state index is 0.234. The van der Waals surface area contributed by atoms with Gasteiger partial charge in [-0.05, 0) is 44.0 Å². The van der Waals surface area contributed by atoms with Crippen LogP contribution in [0.25, 0.3) is 0 Å². The maximum Gasteiger partial charge on any atom is 0.242 e. The van der Waals surface area contributed by atoms with Crippen LogP contribution in [0.5, 0.6) is 0 Å². The number of rotatable bonds is 2. The van der Waals surface area contributed by atoms with Crippen molar-refractivity contribution in [3.05, 3.63) is 29.3 Å². The van der Waals surface area contributed by atoms with Crippen molar-refractivity contribution < 1.29 is 4.79 Å².